The van der Waals surface area contributed by atoms with Crippen LogP contribution in [0.3, 0.4) is 0 Å². The fourth-order valence-corrected chi connectivity index (χ4v) is 7.95. The number of hydrogen-bond acceptors (Lipinski definition) is 13. The van der Waals surface area contributed by atoms with Crippen molar-refractivity contribution in [1.82, 2.24) is 5.32 Å². The lowest BCUT2D eigenvalue weighted by Gasteiger charge is -2.46. The van der Waals surface area contributed by atoms with Crippen LogP contribution >= 0.6 is 0 Å². The third-order valence-corrected chi connectivity index (χ3v) is 12.0. The summed E-state index contributed by atoms with van der Waals surface area (Å²) in [5, 5.41) is 86.5. The van der Waals surface area contributed by atoms with Crippen molar-refractivity contribution in [2.75, 3.05) is 19.8 Å². The standard InChI is InChI=1S/C49H89NO13/c1-3-5-7-9-11-13-15-16-17-18-19-20-21-22-23-24-26-28-30-32-38(53)37(50-41(54)33-31-29-27-25-14-12-10-8-6-4-2)36-60-48-46(59)44(57)47(40(35-52)62-48)63-49-45(58)43(56)42(55)39(34-51)61-49/h8,10,23-24,30,32,37-40,42-49,51-53,55-59H,3-7,9,11-22,25-29,31,33-36H2,1-2H3,(H,50,54)/b10-8-,24-23+,32-30+. The number of nitrogens with one attached hydrogen (secondary N) is 1. The molecule has 0 aromatic carbocycles. The van der Waals surface area contributed by atoms with E-state index in [1.54, 1.807) is 6.08 Å². The zero-order valence-corrected chi connectivity index (χ0v) is 38.8. The molecule has 14 heteroatoms. The number of carbonyl (C=O) groups excluding carboxylic acids is 1. The molecule has 1 amide bonds. The van der Waals surface area contributed by atoms with Crippen LogP contribution in [0.4, 0.5) is 0 Å². The molecular formula is C49H89NO13. The van der Waals surface area contributed by atoms with Crippen LogP contribution in [0.15, 0.2) is 36.5 Å². The normalized spacial score (nSPS) is 27.8. The van der Waals surface area contributed by atoms with E-state index in [4.69, 9.17) is 18.9 Å². The summed E-state index contributed by atoms with van der Waals surface area (Å²) >= 11 is 0. The van der Waals surface area contributed by atoms with E-state index in [1.807, 2.05) is 6.08 Å². The largest absolute Gasteiger partial charge is 0.394 e. The SMILES string of the molecule is CCC/C=C\CCCCCCCC(=O)NC(COC1OC(CO)C(OC2OC(CO)C(O)C(O)C2O)C(O)C1O)C(O)/C=C/CC/C=C/CCCCCCCCCCCCCCC. The number of aliphatic hydroxyl groups excluding tert-OH is 8. The first-order chi connectivity index (χ1) is 30.6. The molecule has 2 aliphatic heterocycles. The Kier molecular flexibility index (Phi) is 33.1. The van der Waals surface area contributed by atoms with E-state index in [2.05, 4.69) is 43.5 Å². The van der Waals surface area contributed by atoms with Crippen molar-refractivity contribution >= 4 is 5.91 Å². The number of aliphatic hydroxyl groups is 8. The lowest BCUT2D eigenvalue weighted by Crippen LogP contribution is -2.65. The van der Waals surface area contributed by atoms with Crippen molar-refractivity contribution in [3.8, 4) is 0 Å². The number of carbonyl (C=O) groups is 1. The molecule has 14 nitrogen and oxygen atoms in total. The molecule has 12 unspecified atom stereocenters. The maximum atomic E-state index is 13.1. The van der Waals surface area contributed by atoms with Crippen LogP contribution in [0, 0.1) is 0 Å². The topological polar surface area (TPSA) is 228 Å². The molecule has 0 aromatic heterocycles. The summed E-state index contributed by atoms with van der Waals surface area (Å²) in [7, 11) is 0. The smallest absolute Gasteiger partial charge is 0.220 e. The van der Waals surface area contributed by atoms with E-state index in [-0.39, 0.29) is 18.9 Å². The van der Waals surface area contributed by atoms with Gasteiger partial charge >= 0.3 is 0 Å². The van der Waals surface area contributed by atoms with Crippen LogP contribution in [0.25, 0.3) is 0 Å². The molecule has 0 saturated carbocycles. The molecular weight excluding hydrogens is 811 g/mol. The Bertz CT molecular complexity index is 1200. The summed E-state index contributed by atoms with van der Waals surface area (Å²) in [6.45, 7) is 2.68. The number of rotatable bonds is 37. The van der Waals surface area contributed by atoms with Gasteiger partial charge in [-0.05, 0) is 51.4 Å². The molecule has 2 aliphatic rings. The third kappa shape index (κ3) is 24.0. The molecule has 0 aliphatic carbocycles. The fraction of sp³-hybridized carbons (Fsp3) is 0.857. The Labute approximate surface area is 379 Å². The predicted octanol–water partition coefficient (Wildman–Crippen LogP) is 5.93. The first-order valence-electron chi connectivity index (χ1n) is 24.7. The molecule has 0 spiro atoms. The van der Waals surface area contributed by atoms with E-state index >= 15 is 0 Å². The fourth-order valence-electron chi connectivity index (χ4n) is 7.95. The summed E-state index contributed by atoms with van der Waals surface area (Å²) in [6.07, 6.45) is 23.5. The van der Waals surface area contributed by atoms with Gasteiger partial charge in [-0.2, -0.15) is 0 Å². The Morgan fingerprint density at radius 2 is 1.05 bits per heavy atom. The van der Waals surface area contributed by atoms with Gasteiger partial charge in [-0.1, -0.05) is 153 Å². The van der Waals surface area contributed by atoms with Crippen molar-refractivity contribution in [3.05, 3.63) is 36.5 Å². The first kappa shape index (κ1) is 57.3. The van der Waals surface area contributed by atoms with Crippen LogP contribution in [-0.4, -0.2) is 140 Å². The second-order valence-electron chi connectivity index (χ2n) is 17.6. The van der Waals surface area contributed by atoms with Gasteiger partial charge in [0.25, 0.3) is 0 Å². The van der Waals surface area contributed by atoms with Crippen molar-refractivity contribution in [1.29, 1.82) is 0 Å². The van der Waals surface area contributed by atoms with E-state index in [1.165, 1.54) is 83.5 Å². The molecule has 2 heterocycles. The molecule has 63 heavy (non-hydrogen) atoms. The summed E-state index contributed by atoms with van der Waals surface area (Å²) in [6, 6.07) is -0.932. The molecule has 0 radical (unpaired) electrons. The Morgan fingerprint density at radius 1 is 0.556 bits per heavy atom. The van der Waals surface area contributed by atoms with Gasteiger partial charge in [-0.25, -0.2) is 0 Å². The Hall–Kier alpha value is -1.79. The van der Waals surface area contributed by atoms with Gasteiger partial charge in [0.15, 0.2) is 12.6 Å². The minimum atomic E-state index is -1.79. The summed E-state index contributed by atoms with van der Waals surface area (Å²) in [5.74, 6) is -0.263. The number of amides is 1. The zero-order chi connectivity index (χ0) is 46.1. The maximum Gasteiger partial charge on any atom is 0.220 e. The minimum absolute atomic E-state index is 0.262. The lowest BCUT2D eigenvalue weighted by molar-refractivity contribution is -0.359. The molecule has 0 bridgehead atoms. The van der Waals surface area contributed by atoms with E-state index in [9.17, 15) is 45.6 Å². The maximum absolute atomic E-state index is 13.1. The molecule has 2 saturated heterocycles. The third-order valence-electron chi connectivity index (χ3n) is 12.0. The highest BCUT2D eigenvalue weighted by Crippen LogP contribution is 2.30. The minimum Gasteiger partial charge on any atom is -0.394 e. The molecule has 0 aromatic rings. The number of allylic oxidation sites excluding steroid dienone is 5. The monoisotopic (exact) mass is 900 g/mol. The van der Waals surface area contributed by atoms with Crippen molar-refractivity contribution < 1.29 is 64.6 Å². The van der Waals surface area contributed by atoms with Gasteiger partial charge in [-0.3, -0.25) is 4.79 Å². The second kappa shape index (κ2) is 36.3. The van der Waals surface area contributed by atoms with Gasteiger partial charge in [-0.15, -0.1) is 0 Å². The van der Waals surface area contributed by atoms with Gasteiger partial charge in [0.1, 0.15) is 48.8 Å². The van der Waals surface area contributed by atoms with Crippen molar-refractivity contribution in [2.45, 2.75) is 248 Å². The highest BCUT2D eigenvalue weighted by molar-refractivity contribution is 5.76. The highest BCUT2D eigenvalue weighted by Gasteiger charge is 2.51. The highest BCUT2D eigenvalue weighted by atomic mass is 16.7. The van der Waals surface area contributed by atoms with E-state index in [0.717, 1.165) is 57.8 Å². The van der Waals surface area contributed by atoms with Gasteiger partial charge in [0, 0.05) is 6.42 Å². The average molecular weight is 900 g/mol. The van der Waals surface area contributed by atoms with Crippen LogP contribution in [0.1, 0.15) is 174 Å². The molecule has 12 atom stereocenters. The summed E-state index contributed by atoms with van der Waals surface area (Å²) < 4.78 is 22.6. The Balaban J connectivity index is 1.86. The lowest BCUT2D eigenvalue weighted by atomic mass is 9.97. The summed E-state index contributed by atoms with van der Waals surface area (Å²) in [5.41, 5.74) is 0. The number of ether oxygens (including phenoxy) is 4. The van der Waals surface area contributed by atoms with Crippen molar-refractivity contribution in [2.24, 2.45) is 0 Å². The van der Waals surface area contributed by atoms with Crippen LogP contribution in [0.2, 0.25) is 0 Å². The van der Waals surface area contributed by atoms with Crippen molar-refractivity contribution in [3.63, 3.8) is 0 Å². The van der Waals surface area contributed by atoms with Crippen LogP contribution < -0.4 is 5.32 Å². The Morgan fingerprint density at radius 3 is 1.62 bits per heavy atom. The van der Waals surface area contributed by atoms with Crippen LogP contribution in [0.5, 0.6) is 0 Å². The summed E-state index contributed by atoms with van der Waals surface area (Å²) in [4.78, 5) is 13.1. The van der Waals surface area contributed by atoms with Crippen LogP contribution in [-0.2, 0) is 23.7 Å². The quantitative estimate of drug-likeness (QED) is 0.0261. The number of unbranched alkanes of at least 4 members (excludes halogenated alkanes) is 20. The zero-order valence-electron chi connectivity index (χ0n) is 38.8. The number of hydrogen-bond donors (Lipinski definition) is 9. The molecule has 9 N–H and O–H groups in total. The van der Waals surface area contributed by atoms with E-state index in [0.29, 0.717) is 12.8 Å². The van der Waals surface area contributed by atoms with Gasteiger partial charge in [0.05, 0.1) is 32.0 Å². The van der Waals surface area contributed by atoms with E-state index < -0.39 is 86.8 Å². The molecule has 2 fully saturated rings. The predicted molar refractivity (Wildman–Crippen MR) is 244 cm³/mol. The first-order valence-corrected chi connectivity index (χ1v) is 24.7. The van der Waals surface area contributed by atoms with Gasteiger partial charge in [0.2, 0.25) is 5.91 Å². The second-order valence-corrected chi connectivity index (χ2v) is 17.6. The van der Waals surface area contributed by atoms with Gasteiger partial charge < -0.3 is 65.1 Å². The average Bonchev–Trinajstić information content (AvgIpc) is 3.28. The molecule has 368 valence electrons. The molecule has 2 rings (SSSR count).